The molecule has 0 aliphatic rings. The number of alkyl halides is 3. The summed E-state index contributed by atoms with van der Waals surface area (Å²) in [6, 6.07) is 5.07. The van der Waals surface area contributed by atoms with Gasteiger partial charge in [-0.2, -0.15) is 13.2 Å². The van der Waals surface area contributed by atoms with Gasteiger partial charge in [-0.1, -0.05) is 12.1 Å². The SMILES string of the molecule is NCCCNc1cncnc1-c1cccc(C(F)(F)F)c1. The van der Waals surface area contributed by atoms with Crippen molar-refractivity contribution in [3.63, 3.8) is 0 Å². The molecule has 2 aromatic rings. The summed E-state index contributed by atoms with van der Waals surface area (Å²) in [5.41, 5.74) is 6.13. The summed E-state index contributed by atoms with van der Waals surface area (Å²) in [5.74, 6) is 0. The van der Waals surface area contributed by atoms with Crippen molar-refractivity contribution in [1.82, 2.24) is 9.97 Å². The highest BCUT2D eigenvalue weighted by atomic mass is 19.4. The third-order valence-corrected chi connectivity index (χ3v) is 2.87. The predicted octanol–water partition coefficient (Wildman–Crippen LogP) is 2.92. The van der Waals surface area contributed by atoms with Gasteiger partial charge in [0.1, 0.15) is 6.33 Å². The molecule has 0 fully saturated rings. The Hall–Kier alpha value is -2.15. The summed E-state index contributed by atoms with van der Waals surface area (Å²) in [6.45, 7) is 1.13. The van der Waals surface area contributed by atoms with Gasteiger partial charge < -0.3 is 11.1 Å². The first-order valence-electron chi connectivity index (χ1n) is 6.44. The Bertz CT molecular complexity index is 599. The average molecular weight is 296 g/mol. The van der Waals surface area contributed by atoms with Gasteiger partial charge >= 0.3 is 6.18 Å². The van der Waals surface area contributed by atoms with Crippen LogP contribution in [0.15, 0.2) is 36.8 Å². The molecule has 0 aliphatic carbocycles. The van der Waals surface area contributed by atoms with Crippen molar-refractivity contribution in [1.29, 1.82) is 0 Å². The van der Waals surface area contributed by atoms with Crippen LogP contribution in [0.4, 0.5) is 18.9 Å². The second-order valence-corrected chi connectivity index (χ2v) is 4.43. The van der Waals surface area contributed by atoms with Gasteiger partial charge in [-0.15, -0.1) is 0 Å². The van der Waals surface area contributed by atoms with Crippen molar-refractivity contribution >= 4 is 5.69 Å². The number of benzene rings is 1. The highest BCUT2D eigenvalue weighted by Gasteiger charge is 2.30. The Balaban J connectivity index is 2.33. The first-order chi connectivity index (χ1) is 10.0. The van der Waals surface area contributed by atoms with Gasteiger partial charge in [0, 0.05) is 12.1 Å². The van der Waals surface area contributed by atoms with E-state index in [0.29, 0.717) is 30.0 Å². The van der Waals surface area contributed by atoms with Gasteiger partial charge in [0.05, 0.1) is 23.1 Å². The molecule has 1 aromatic heterocycles. The van der Waals surface area contributed by atoms with E-state index >= 15 is 0 Å². The Morgan fingerprint density at radius 2 is 2.05 bits per heavy atom. The minimum absolute atomic E-state index is 0.391. The zero-order chi connectivity index (χ0) is 15.3. The molecule has 0 aliphatic heterocycles. The molecule has 0 bridgehead atoms. The lowest BCUT2D eigenvalue weighted by Crippen LogP contribution is -2.10. The van der Waals surface area contributed by atoms with Gasteiger partial charge in [-0.3, -0.25) is 0 Å². The Morgan fingerprint density at radius 1 is 1.24 bits per heavy atom. The van der Waals surface area contributed by atoms with E-state index in [1.165, 1.54) is 12.4 Å². The Kier molecular flexibility index (Phi) is 4.74. The third-order valence-electron chi connectivity index (χ3n) is 2.87. The quantitative estimate of drug-likeness (QED) is 0.833. The predicted molar refractivity (Wildman–Crippen MR) is 74.6 cm³/mol. The number of anilines is 1. The second-order valence-electron chi connectivity index (χ2n) is 4.43. The van der Waals surface area contributed by atoms with E-state index in [4.69, 9.17) is 5.73 Å². The van der Waals surface area contributed by atoms with Crippen LogP contribution in [0.5, 0.6) is 0 Å². The van der Waals surface area contributed by atoms with E-state index in [1.807, 2.05) is 0 Å². The molecule has 4 nitrogen and oxygen atoms in total. The van der Waals surface area contributed by atoms with Crippen LogP contribution in [0.1, 0.15) is 12.0 Å². The second kappa shape index (κ2) is 6.53. The van der Waals surface area contributed by atoms with Gasteiger partial charge in [0.15, 0.2) is 0 Å². The average Bonchev–Trinajstić information content (AvgIpc) is 2.47. The molecule has 0 atom stereocenters. The van der Waals surface area contributed by atoms with E-state index in [1.54, 1.807) is 12.3 Å². The molecule has 1 aromatic carbocycles. The van der Waals surface area contributed by atoms with Gasteiger partial charge in [-0.05, 0) is 25.1 Å². The number of hydrogen-bond donors (Lipinski definition) is 2. The summed E-state index contributed by atoms with van der Waals surface area (Å²) in [6.07, 6.45) is -0.782. The van der Waals surface area contributed by atoms with Crippen LogP contribution in [0.3, 0.4) is 0 Å². The van der Waals surface area contributed by atoms with Crippen LogP contribution < -0.4 is 11.1 Å². The number of halogens is 3. The van der Waals surface area contributed by atoms with Gasteiger partial charge in [0.2, 0.25) is 0 Å². The molecule has 7 heteroatoms. The van der Waals surface area contributed by atoms with E-state index in [9.17, 15) is 13.2 Å². The lowest BCUT2D eigenvalue weighted by atomic mass is 10.1. The lowest BCUT2D eigenvalue weighted by molar-refractivity contribution is -0.137. The van der Waals surface area contributed by atoms with E-state index < -0.39 is 11.7 Å². The van der Waals surface area contributed by atoms with E-state index in [2.05, 4.69) is 15.3 Å². The summed E-state index contributed by atoms with van der Waals surface area (Å²) in [7, 11) is 0. The van der Waals surface area contributed by atoms with Crippen molar-refractivity contribution in [2.75, 3.05) is 18.4 Å². The van der Waals surface area contributed by atoms with Crippen LogP contribution in [0.25, 0.3) is 11.3 Å². The topological polar surface area (TPSA) is 63.8 Å². The molecule has 0 saturated heterocycles. The first kappa shape index (κ1) is 15.2. The minimum atomic E-state index is -4.38. The third kappa shape index (κ3) is 3.91. The Morgan fingerprint density at radius 3 is 2.76 bits per heavy atom. The van der Waals surface area contributed by atoms with Gasteiger partial charge in [0.25, 0.3) is 0 Å². The molecule has 0 saturated carbocycles. The van der Waals surface area contributed by atoms with Crippen molar-refractivity contribution < 1.29 is 13.2 Å². The van der Waals surface area contributed by atoms with Crippen LogP contribution in [0, 0.1) is 0 Å². The highest BCUT2D eigenvalue weighted by molar-refractivity contribution is 5.73. The maximum absolute atomic E-state index is 12.8. The fourth-order valence-electron chi connectivity index (χ4n) is 1.86. The first-order valence-corrected chi connectivity index (χ1v) is 6.44. The minimum Gasteiger partial charge on any atom is -0.382 e. The van der Waals surface area contributed by atoms with E-state index in [0.717, 1.165) is 18.6 Å². The summed E-state index contributed by atoms with van der Waals surface area (Å²) < 4.78 is 38.3. The fraction of sp³-hybridized carbons (Fsp3) is 0.286. The van der Waals surface area contributed by atoms with Crippen molar-refractivity contribution in [2.45, 2.75) is 12.6 Å². The van der Waals surface area contributed by atoms with Crippen LogP contribution in [-0.2, 0) is 6.18 Å². The molecule has 21 heavy (non-hydrogen) atoms. The Labute approximate surface area is 120 Å². The summed E-state index contributed by atoms with van der Waals surface area (Å²) in [4.78, 5) is 7.97. The number of rotatable bonds is 5. The molecule has 0 unspecified atom stereocenters. The molecular formula is C14H15F3N4. The number of aromatic nitrogens is 2. The monoisotopic (exact) mass is 296 g/mol. The summed E-state index contributed by atoms with van der Waals surface area (Å²) in [5, 5.41) is 3.08. The largest absolute Gasteiger partial charge is 0.416 e. The maximum atomic E-state index is 12.8. The zero-order valence-electron chi connectivity index (χ0n) is 11.2. The van der Waals surface area contributed by atoms with Crippen LogP contribution >= 0.6 is 0 Å². The molecule has 2 rings (SSSR count). The number of nitrogens with zero attached hydrogens (tertiary/aromatic N) is 2. The van der Waals surface area contributed by atoms with Crippen LogP contribution in [0.2, 0.25) is 0 Å². The maximum Gasteiger partial charge on any atom is 0.416 e. The smallest absolute Gasteiger partial charge is 0.382 e. The normalized spacial score (nSPS) is 11.4. The number of nitrogens with one attached hydrogen (secondary N) is 1. The number of nitrogens with two attached hydrogens (primary N) is 1. The standard InChI is InChI=1S/C14H15F3N4/c15-14(16,17)11-4-1-3-10(7-11)13-12(8-19-9-21-13)20-6-2-5-18/h1,3-4,7-9,20H,2,5-6,18H2. The molecule has 112 valence electrons. The summed E-state index contributed by atoms with van der Waals surface area (Å²) >= 11 is 0. The lowest BCUT2D eigenvalue weighted by Gasteiger charge is -2.12. The van der Waals surface area contributed by atoms with Crippen molar-refractivity contribution in [3.8, 4) is 11.3 Å². The molecule has 3 N–H and O–H groups in total. The molecule has 0 spiro atoms. The highest BCUT2D eigenvalue weighted by Crippen LogP contribution is 2.33. The molecule has 0 radical (unpaired) electrons. The van der Waals surface area contributed by atoms with Crippen molar-refractivity contribution in [3.05, 3.63) is 42.4 Å². The van der Waals surface area contributed by atoms with Crippen molar-refractivity contribution in [2.24, 2.45) is 5.73 Å². The molecule has 0 amide bonds. The number of hydrogen-bond acceptors (Lipinski definition) is 4. The van der Waals surface area contributed by atoms with Gasteiger partial charge in [-0.25, -0.2) is 9.97 Å². The zero-order valence-corrected chi connectivity index (χ0v) is 11.2. The molecular weight excluding hydrogens is 281 g/mol. The van der Waals surface area contributed by atoms with E-state index in [-0.39, 0.29) is 0 Å². The fourth-order valence-corrected chi connectivity index (χ4v) is 1.86. The van der Waals surface area contributed by atoms with Crippen LogP contribution in [-0.4, -0.2) is 23.1 Å². The molecule has 1 heterocycles.